The number of rotatable bonds is 7. The van der Waals surface area contributed by atoms with E-state index >= 15 is 0 Å². The number of carbonyl (C=O) groups excluding carboxylic acids is 3. The van der Waals surface area contributed by atoms with Gasteiger partial charge in [0.25, 0.3) is 11.8 Å². The minimum atomic E-state index is -0.319. The van der Waals surface area contributed by atoms with Crippen molar-refractivity contribution in [1.29, 1.82) is 0 Å². The maximum Gasteiger partial charge on any atom is 0.265 e. The fourth-order valence-electron chi connectivity index (χ4n) is 3.42. The Morgan fingerprint density at radius 1 is 1.13 bits per heavy atom. The lowest BCUT2D eigenvalue weighted by Gasteiger charge is -2.29. The molecular weight excluding hydrogens is 382 g/mol. The van der Waals surface area contributed by atoms with E-state index < -0.39 is 0 Å². The van der Waals surface area contributed by atoms with Gasteiger partial charge >= 0.3 is 0 Å². The van der Waals surface area contributed by atoms with Crippen LogP contribution < -0.4 is 15.0 Å². The van der Waals surface area contributed by atoms with E-state index in [-0.39, 0.29) is 30.9 Å². The molecule has 0 bridgehead atoms. The molecule has 1 aliphatic rings. The fourth-order valence-corrected chi connectivity index (χ4v) is 3.42. The zero-order valence-electron chi connectivity index (χ0n) is 17.6. The molecule has 3 rings (SSSR count). The van der Waals surface area contributed by atoms with Gasteiger partial charge in [0.1, 0.15) is 12.3 Å². The highest BCUT2D eigenvalue weighted by atomic mass is 16.5. The van der Waals surface area contributed by atoms with Crippen molar-refractivity contribution in [2.75, 3.05) is 31.1 Å². The first-order valence-electron chi connectivity index (χ1n) is 10.1. The van der Waals surface area contributed by atoms with Crippen LogP contribution in [0.4, 0.5) is 5.69 Å². The number of nitrogens with one attached hydrogen (secondary N) is 1. The van der Waals surface area contributed by atoms with Gasteiger partial charge in [-0.05, 0) is 44.5 Å². The third-order valence-corrected chi connectivity index (χ3v) is 5.07. The van der Waals surface area contributed by atoms with Crippen molar-refractivity contribution in [2.24, 2.45) is 0 Å². The van der Waals surface area contributed by atoms with Crippen molar-refractivity contribution in [2.45, 2.75) is 27.3 Å². The molecular formula is C23H27N3O4. The lowest BCUT2D eigenvalue weighted by Crippen LogP contribution is -2.45. The summed E-state index contributed by atoms with van der Waals surface area (Å²) in [5.74, 6) is -0.235. The predicted octanol–water partition coefficient (Wildman–Crippen LogP) is 2.52. The number of hydrogen-bond acceptors (Lipinski definition) is 4. The van der Waals surface area contributed by atoms with Crippen molar-refractivity contribution in [3.05, 3.63) is 59.2 Å². The summed E-state index contributed by atoms with van der Waals surface area (Å²) in [5, 5.41) is 2.85. The highest BCUT2D eigenvalue weighted by Gasteiger charge is 2.28. The molecule has 0 aliphatic carbocycles. The number of fused-ring (bicyclic) bond motifs is 1. The second-order valence-corrected chi connectivity index (χ2v) is 7.19. The van der Waals surface area contributed by atoms with Gasteiger partial charge in [-0.15, -0.1) is 0 Å². The molecule has 0 fully saturated rings. The molecule has 1 aliphatic heterocycles. The van der Waals surface area contributed by atoms with Gasteiger partial charge in [-0.2, -0.15) is 0 Å². The first-order valence-corrected chi connectivity index (χ1v) is 10.1. The van der Waals surface area contributed by atoms with Crippen molar-refractivity contribution < 1.29 is 19.1 Å². The molecule has 7 nitrogen and oxygen atoms in total. The van der Waals surface area contributed by atoms with E-state index in [0.717, 1.165) is 11.1 Å². The molecule has 0 saturated heterocycles. The third kappa shape index (κ3) is 4.79. The van der Waals surface area contributed by atoms with Crippen LogP contribution in [0, 0.1) is 6.92 Å². The van der Waals surface area contributed by atoms with E-state index in [0.29, 0.717) is 36.6 Å². The quantitative estimate of drug-likeness (QED) is 0.762. The molecule has 1 N–H and O–H groups in total. The van der Waals surface area contributed by atoms with Crippen LogP contribution in [0.2, 0.25) is 0 Å². The summed E-state index contributed by atoms with van der Waals surface area (Å²) in [6.07, 6.45) is 0. The zero-order chi connectivity index (χ0) is 21.7. The van der Waals surface area contributed by atoms with Crippen molar-refractivity contribution in [3.63, 3.8) is 0 Å². The molecule has 7 heteroatoms. The number of amides is 3. The minimum Gasteiger partial charge on any atom is -0.482 e. The number of nitrogens with zero attached hydrogens (tertiary/aromatic N) is 2. The van der Waals surface area contributed by atoms with Crippen molar-refractivity contribution in [1.82, 2.24) is 10.2 Å². The Morgan fingerprint density at radius 3 is 2.60 bits per heavy atom. The van der Waals surface area contributed by atoms with E-state index in [4.69, 9.17) is 4.74 Å². The predicted molar refractivity (Wildman–Crippen MR) is 115 cm³/mol. The molecule has 0 aromatic heterocycles. The molecule has 0 atom stereocenters. The van der Waals surface area contributed by atoms with Crippen LogP contribution in [-0.2, 0) is 16.1 Å². The molecule has 0 unspecified atom stereocenters. The summed E-state index contributed by atoms with van der Waals surface area (Å²) in [5.41, 5.74) is 3.00. The highest BCUT2D eigenvalue weighted by Crippen LogP contribution is 2.33. The summed E-state index contributed by atoms with van der Waals surface area (Å²) >= 11 is 0. The topological polar surface area (TPSA) is 79.0 Å². The average Bonchev–Trinajstić information content (AvgIpc) is 2.75. The summed E-state index contributed by atoms with van der Waals surface area (Å²) < 4.78 is 5.49. The van der Waals surface area contributed by atoms with Gasteiger partial charge in [-0.1, -0.05) is 29.8 Å². The number of aryl methyl sites for hydroxylation is 1. The molecule has 158 valence electrons. The van der Waals surface area contributed by atoms with E-state index in [2.05, 4.69) is 5.32 Å². The van der Waals surface area contributed by atoms with Crippen LogP contribution in [-0.4, -0.2) is 48.9 Å². The van der Waals surface area contributed by atoms with Crippen LogP contribution >= 0.6 is 0 Å². The first-order chi connectivity index (χ1) is 14.4. The fraction of sp³-hybridized carbons (Fsp3) is 0.348. The smallest absolute Gasteiger partial charge is 0.265 e. The van der Waals surface area contributed by atoms with E-state index in [9.17, 15) is 14.4 Å². The van der Waals surface area contributed by atoms with Gasteiger partial charge in [-0.3, -0.25) is 19.3 Å². The van der Waals surface area contributed by atoms with Crippen LogP contribution in [0.1, 0.15) is 35.3 Å². The maximum atomic E-state index is 12.7. The summed E-state index contributed by atoms with van der Waals surface area (Å²) in [6.45, 7) is 7.11. The van der Waals surface area contributed by atoms with Gasteiger partial charge in [0, 0.05) is 25.2 Å². The lowest BCUT2D eigenvalue weighted by molar-refractivity contribution is -0.125. The molecule has 0 spiro atoms. The summed E-state index contributed by atoms with van der Waals surface area (Å²) in [4.78, 5) is 40.8. The Labute approximate surface area is 176 Å². The van der Waals surface area contributed by atoms with Crippen molar-refractivity contribution in [3.8, 4) is 5.75 Å². The number of anilines is 1. The number of carbonyl (C=O) groups is 3. The Hall–Kier alpha value is -3.35. The Morgan fingerprint density at radius 2 is 1.90 bits per heavy atom. The van der Waals surface area contributed by atoms with Crippen LogP contribution in [0.25, 0.3) is 0 Å². The standard InChI is InChI=1S/C23H27N3O4/c1-4-25(5-2)23(29)18-9-10-20-19(12-18)26(22(28)15-30-20)14-21(27)24-13-17-8-6-7-16(3)11-17/h6-12H,4-5,13-15H2,1-3H3,(H,24,27). The van der Waals surface area contributed by atoms with E-state index in [1.165, 1.54) is 4.90 Å². The summed E-state index contributed by atoms with van der Waals surface area (Å²) in [7, 11) is 0. The van der Waals surface area contributed by atoms with Crippen LogP contribution in [0.15, 0.2) is 42.5 Å². The van der Waals surface area contributed by atoms with Crippen LogP contribution in [0.5, 0.6) is 5.75 Å². The molecule has 1 heterocycles. The van der Waals surface area contributed by atoms with Crippen molar-refractivity contribution >= 4 is 23.4 Å². The van der Waals surface area contributed by atoms with E-state index in [1.807, 2.05) is 45.0 Å². The third-order valence-electron chi connectivity index (χ3n) is 5.07. The van der Waals surface area contributed by atoms with Gasteiger partial charge in [0.2, 0.25) is 5.91 Å². The second kappa shape index (κ2) is 9.43. The maximum absolute atomic E-state index is 12.7. The molecule has 30 heavy (non-hydrogen) atoms. The van der Waals surface area contributed by atoms with Gasteiger partial charge in [0.15, 0.2) is 6.61 Å². The number of hydrogen-bond donors (Lipinski definition) is 1. The highest BCUT2D eigenvalue weighted by molar-refractivity contribution is 6.04. The molecule has 3 amide bonds. The van der Waals surface area contributed by atoms with Gasteiger partial charge in [0.05, 0.1) is 5.69 Å². The Bertz CT molecular complexity index is 953. The second-order valence-electron chi connectivity index (χ2n) is 7.19. The monoisotopic (exact) mass is 409 g/mol. The Balaban J connectivity index is 1.75. The summed E-state index contributed by atoms with van der Waals surface area (Å²) in [6, 6.07) is 12.9. The molecule has 0 radical (unpaired) electrons. The van der Waals surface area contributed by atoms with Gasteiger partial charge in [-0.25, -0.2) is 0 Å². The van der Waals surface area contributed by atoms with E-state index in [1.54, 1.807) is 23.1 Å². The van der Waals surface area contributed by atoms with Gasteiger partial charge < -0.3 is 15.0 Å². The molecule has 2 aromatic carbocycles. The number of ether oxygens (including phenoxy) is 1. The Kier molecular flexibility index (Phi) is 6.72. The minimum absolute atomic E-state index is 0.121. The molecule has 0 saturated carbocycles. The first kappa shape index (κ1) is 21.4. The molecule has 2 aromatic rings. The lowest BCUT2D eigenvalue weighted by atomic mass is 10.1. The van der Waals surface area contributed by atoms with Crippen LogP contribution in [0.3, 0.4) is 0 Å². The SMILES string of the molecule is CCN(CC)C(=O)c1ccc2c(c1)N(CC(=O)NCc1cccc(C)c1)C(=O)CO2. The normalized spacial score (nSPS) is 12.8. The number of benzene rings is 2. The average molecular weight is 409 g/mol. The zero-order valence-corrected chi connectivity index (χ0v) is 17.6. The largest absolute Gasteiger partial charge is 0.482 e.